The lowest BCUT2D eigenvalue weighted by molar-refractivity contribution is -0.126. The fourth-order valence-electron chi connectivity index (χ4n) is 5.01. The first-order valence-electron chi connectivity index (χ1n) is 12.1. The third kappa shape index (κ3) is 4.88. The summed E-state index contributed by atoms with van der Waals surface area (Å²) in [5.74, 6) is 0.842. The van der Waals surface area contributed by atoms with Crippen molar-refractivity contribution in [3.63, 3.8) is 0 Å². The predicted octanol–water partition coefficient (Wildman–Crippen LogP) is 3.44. The highest BCUT2D eigenvalue weighted by Gasteiger charge is 2.29. The van der Waals surface area contributed by atoms with Gasteiger partial charge in [-0.1, -0.05) is 18.7 Å². The molecule has 1 saturated heterocycles. The summed E-state index contributed by atoms with van der Waals surface area (Å²) in [5.41, 5.74) is 3.31. The quantitative estimate of drug-likeness (QED) is 0.361. The number of benzene rings is 2. The van der Waals surface area contributed by atoms with Gasteiger partial charge in [0.25, 0.3) is 0 Å². The monoisotopic (exact) mass is 524 g/mol. The van der Waals surface area contributed by atoms with Gasteiger partial charge in [0, 0.05) is 54.9 Å². The maximum Gasteiger partial charge on any atom is 0.350 e. The second-order valence-corrected chi connectivity index (χ2v) is 10.2. The molecule has 2 aliphatic rings. The number of nitrogens with zero attached hydrogens (tertiary/aromatic N) is 4. The lowest BCUT2D eigenvalue weighted by Gasteiger charge is -2.35. The molecule has 194 valence electrons. The van der Waals surface area contributed by atoms with E-state index in [1.165, 1.54) is 18.2 Å². The number of methoxy groups -OCH3 is 1. The molecule has 1 amide bonds. The molecule has 10 heteroatoms. The highest BCUT2D eigenvalue weighted by molar-refractivity contribution is 7.99. The largest absolute Gasteiger partial charge is 0.359 e. The van der Waals surface area contributed by atoms with E-state index in [9.17, 15) is 14.0 Å². The van der Waals surface area contributed by atoms with Crippen molar-refractivity contribution in [2.75, 3.05) is 50.7 Å². The summed E-state index contributed by atoms with van der Waals surface area (Å²) in [5, 5.41) is 0.876. The second-order valence-electron chi connectivity index (χ2n) is 9.15. The number of hydrogen-bond acceptors (Lipinski definition) is 7. The third-order valence-electron chi connectivity index (χ3n) is 6.82. The molecule has 5 rings (SSSR count). The minimum Gasteiger partial charge on any atom is -0.359 e. The van der Waals surface area contributed by atoms with Gasteiger partial charge in [0.15, 0.2) is 0 Å². The van der Waals surface area contributed by atoms with Crippen molar-refractivity contribution in [3.8, 4) is 11.1 Å². The van der Waals surface area contributed by atoms with Gasteiger partial charge in [0.2, 0.25) is 5.91 Å². The second kappa shape index (κ2) is 10.6. The zero-order chi connectivity index (χ0) is 26.1. The van der Waals surface area contributed by atoms with E-state index in [-0.39, 0.29) is 30.3 Å². The summed E-state index contributed by atoms with van der Waals surface area (Å²) in [6, 6.07) is 8.50. The Morgan fingerprint density at radius 1 is 1.24 bits per heavy atom. The van der Waals surface area contributed by atoms with E-state index in [1.807, 2.05) is 6.92 Å². The number of aromatic nitrogens is 2. The summed E-state index contributed by atoms with van der Waals surface area (Å²) in [6.07, 6.45) is 1.08. The van der Waals surface area contributed by atoms with E-state index in [2.05, 4.69) is 22.5 Å². The molecule has 0 spiro atoms. The number of carbonyl (C=O) groups is 1. The van der Waals surface area contributed by atoms with Crippen LogP contribution in [-0.4, -0.2) is 72.3 Å². The van der Waals surface area contributed by atoms with Crippen LogP contribution < -0.4 is 10.6 Å². The van der Waals surface area contributed by atoms with Gasteiger partial charge in [-0.15, -0.1) is 11.8 Å². The van der Waals surface area contributed by atoms with Gasteiger partial charge in [0.1, 0.15) is 18.4 Å². The molecule has 3 aromatic rings. The SMILES string of the molecule is C=CC(=O)N1CCN(c2nc(=O)n3c4c(c(-c5ccc(F)cc5)c(C)cc24)SCC(OCOC)C3)CC1. The van der Waals surface area contributed by atoms with E-state index in [4.69, 9.17) is 9.47 Å². The molecule has 0 N–H and O–H groups in total. The topological polar surface area (TPSA) is 76.9 Å². The Morgan fingerprint density at radius 3 is 2.65 bits per heavy atom. The maximum absolute atomic E-state index is 13.7. The lowest BCUT2D eigenvalue weighted by Crippen LogP contribution is -2.49. The molecular formula is C27H29FN4O4S. The Balaban J connectivity index is 1.67. The Labute approximate surface area is 218 Å². The van der Waals surface area contributed by atoms with Crippen LogP contribution in [0.1, 0.15) is 5.56 Å². The molecule has 1 atom stereocenters. The van der Waals surface area contributed by atoms with Crippen LogP contribution >= 0.6 is 11.8 Å². The number of thioether (sulfide) groups is 1. The van der Waals surface area contributed by atoms with Crippen LogP contribution in [0.2, 0.25) is 0 Å². The minimum absolute atomic E-state index is 0.0978. The summed E-state index contributed by atoms with van der Waals surface area (Å²) >= 11 is 1.63. The Bertz CT molecular complexity index is 1400. The molecule has 37 heavy (non-hydrogen) atoms. The van der Waals surface area contributed by atoms with Gasteiger partial charge in [0.05, 0.1) is 18.2 Å². The number of halogens is 1. The fraction of sp³-hybridized carbons (Fsp3) is 0.370. The normalized spacial score (nSPS) is 17.6. The first-order valence-corrected chi connectivity index (χ1v) is 13.1. The van der Waals surface area contributed by atoms with E-state index >= 15 is 0 Å². The van der Waals surface area contributed by atoms with Crippen molar-refractivity contribution >= 4 is 34.4 Å². The van der Waals surface area contributed by atoms with E-state index in [0.29, 0.717) is 44.3 Å². The minimum atomic E-state index is -0.351. The first-order chi connectivity index (χ1) is 17.9. The van der Waals surface area contributed by atoms with E-state index in [1.54, 1.807) is 40.5 Å². The summed E-state index contributed by atoms with van der Waals surface area (Å²) in [4.78, 5) is 34.9. The number of ether oxygens (including phenoxy) is 2. The summed E-state index contributed by atoms with van der Waals surface area (Å²) < 4.78 is 26.4. The van der Waals surface area contributed by atoms with E-state index < -0.39 is 0 Å². The zero-order valence-corrected chi connectivity index (χ0v) is 21.7. The molecular weight excluding hydrogens is 495 g/mol. The number of amides is 1. The molecule has 0 aliphatic carbocycles. The molecule has 1 aromatic heterocycles. The van der Waals surface area contributed by atoms with Gasteiger partial charge < -0.3 is 19.3 Å². The highest BCUT2D eigenvalue weighted by atomic mass is 32.2. The van der Waals surface area contributed by atoms with Crippen LogP contribution in [-0.2, 0) is 20.8 Å². The standard InChI is InChI=1S/C27H29FN4O4S/c1-4-22(33)30-9-11-31(12-10-30)26-21-13-17(2)23(18-5-7-19(28)8-6-18)25-24(21)32(27(34)29-26)14-20(15-37-25)36-16-35-3/h4-8,13,20H,1,9-12,14-16H2,2-3H3. The average molecular weight is 525 g/mol. The number of piperazine rings is 1. The van der Waals surface area contributed by atoms with Crippen LogP contribution in [0.15, 0.2) is 52.7 Å². The lowest BCUT2D eigenvalue weighted by atomic mass is 9.97. The predicted molar refractivity (Wildman–Crippen MR) is 143 cm³/mol. The van der Waals surface area contributed by atoms with Crippen LogP contribution in [0.5, 0.6) is 0 Å². The number of carbonyl (C=O) groups excluding carboxylic acids is 1. The van der Waals surface area contributed by atoms with Crippen molar-refractivity contribution in [1.82, 2.24) is 14.5 Å². The van der Waals surface area contributed by atoms with Crippen molar-refractivity contribution in [3.05, 3.63) is 64.9 Å². The van der Waals surface area contributed by atoms with E-state index in [0.717, 1.165) is 32.5 Å². The number of rotatable bonds is 6. The van der Waals surface area contributed by atoms with Gasteiger partial charge in [-0.25, -0.2) is 9.18 Å². The molecule has 2 aromatic carbocycles. The maximum atomic E-state index is 13.7. The Kier molecular flexibility index (Phi) is 7.32. The Morgan fingerprint density at radius 2 is 1.97 bits per heavy atom. The number of hydrogen-bond donors (Lipinski definition) is 0. The van der Waals surface area contributed by atoms with Gasteiger partial charge in [-0.2, -0.15) is 4.98 Å². The smallest absolute Gasteiger partial charge is 0.350 e. The molecule has 0 bridgehead atoms. The van der Waals surface area contributed by atoms with Crippen molar-refractivity contribution in [2.45, 2.75) is 24.5 Å². The first kappa shape index (κ1) is 25.4. The molecule has 3 heterocycles. The highest BCUT2D eigenvalue weighted by Crippen LogP contribution is 2.43. The molecule has 1 fully saturated rings. The molecule has 8 nitrogen and oxygen atoms in total. The van der Waals surface area contributed by atoms with Gasteiger partial charge in [-0.05, 0) is 42.3 Å². The van der Waals surface area contributed by atoms with Crippen LogP contribution in [0.4, 0.5) is 10.2 Å². The summed E-state index contributed by atoms with van der Waals surface area (Å²) in [7, 11) is 1.57. The molecule has 0 saturated carbocycles. The Hall–Kier alpha value is -3.21. The van der Waals surface area contributed by atoms with Crippen molar-refractivity contribution < 1.29 is 18.7 Å². The van der Waals surface area contributed by atoms with Crippen molar-refractivity contribution in [1.29, 1.82) is 0 Å². The molecule has 0 radical (unpaired) electrons. The van der Waals surface area contributed by atoms with Gasteiger partial charge in [-0.3, -0.25) is 9.36 Å². The van der Waals surface area contributed by atoms with Gasteiger partial charge >= 0.3 is 5.69 Å². The fourth-order valence-corrected chi connectivity index (χ4v) is 6.35. The van der Waals surface area contributed by atoms with Crippen LogP contribution in [0, 0.1) is 12.7 Å². The van der Waals surface area contributed by atoms with Crippen LogP contribution in [0.25, 0.3) is 22.0 Å². The zero-order valence-electron chi connectivity index (χ0n) is 20.9. The third-order valence-corrected chi connectivity index (χ3v) is 8.04. The van der Waals surface area contributed by atoms with Crippen LogP contribution in [0.3, 0.4) is 0 Å². The molecule has 2 aliphatic heterocycles. The summed E-state index contributed by atoms with van der Waals surface area (Å²) in [6.45, 7) is 8.26. The number of aryl methyl sites for hydroxylation is 1. The average Bonchev–Trinajstić information content (AvgIpc) is 3.10. The van der Waals surface area contributed by atoms with Crippen molar-refractivity contribution in [2.24, 2.45) is 0 Å². The number of anilines is 1. The molecule has 1 unspecified atom stereocenters.